The average molecular weight is 353 g/mol. The number of carbonyl (C=O) groups is 1. The van der Waals surface area contributed by atoms with Crippen molar-refractivity contribution in [3.8, 4) is 0 Å². The number of hydrogen-bond acceptors (Lipinski definition) is 5. The molecule has 7 nitrogen and oxygen atoms in total. The topological polar surface area (TPSA) is 85.8 Å². The molecule has 1 N–H and O–H groups in total. The van der Waals surface area contributed by atoms with Crippen LogP contribution in [0.15, 0.2) is 28.9 Å². The van der Waals surface area contributed by atoms with Gasteiger partial charge < -0.3 is 9.73 Å². The quantitative estimate of drug-likeness (QED) is 0.782. The van der Waals surface area contributed by atoms with Crippen LogP contribution in [0, 0.1) is 5.92 Å². The minimum atomic E-state index is -0.0962. The number of hydrogen-bond donors (Lipinski definition) is 1. The number of oxazole rings is 1. The van der Waals surface area contributed by atoms with E-state index in [-0.39, 0.29) is 17.2 Å². The highest BCUT2D eigenvalue weighted by molar-refractivity contribution is 5.79. The van der Waals surface area contributed by atoms with E-state index in [1.807, 2.05) is 6.07 Å². The molecule has 1 aromatic carbocycles. The molecule has 1 unspecified atom stereocenters. The number of aryl methyl sites for hydroxylation is 1. The lowest BCUT2D eigenvalue weighted by Gasteiger charge is -2.21. The molecular weight excluding hydrogens is 330 g/mol. The zero-order valence-corrected chi connectivity index (χ0v) is 15.3. The Balaban J connectivity index is 1.42. The highest BCUT2D eigenvalue weighted by atomic mass is 16.3. The van der Waals surface area contributed by atoms with Gasteiger partial charge in [0, 0.05) is 6.42 Å². The summed E-state index contributed by atoms with van der Waals surface area (Å²) in [6.45, 7) is 7.36. The normalized spacial score (nSPS) is 17.3. The summed E-state index contributed by atoms with van der Waals surface area (Å²) in [7, 11) is 0. The van der Waals surface area contributed by atoms with Gasteiger partial charge in [-0.1, -0.05) is 26.8 Å². The molecular formula is C19H23N5O2. The first kappa shape index (κ1) is 16.8. The Morgan fingerprint density at radius 3 is 3.04 bits per heavy atom. The molecule has 1 atom stereocenters. The zero-order chi connectivity index (χ0) is 18.3. The number of nitrogens with zero attached hydrogens (tertiary/aromatic N) is 4. The van der Waals surface area contributed by atoms with E-state index in [0.717, 1.165) is 29.8 Å². The van der Waals surface area contributed by atoms with E-state index in [1.54, 1.807) is 11.0 Å². The van der Waals surface area contributed by atoms with Crippen molar-refractivity contribution in [2.24, 2.45) is 5.92 Å². The van der Waals surface area contributed by atoms with Gasteiger partial charge in [-0.25, -0.2) is 14.6 Å². The predicted molar refractivity (Wildman–Crippen MR) is 96.4 cm³/mol. The van der Waals surface area contributed by atoms with Gasteiger partial charge in [-0.15, -0.1) is 0 Å². The number of rotatable bonds is 3. The van der Waals surface area contributed by atoms with E-state index in [2.05, 4.69) is 53.3 Å². The summed E-state index contributed by atoms with van der Waals surface area (Å²) in [4.78, 5) is 21.2. The van der Waals surface area contributed by atoms with E-state index >= 15 is 0 Å². The second kappa shape index (κ2) is 6.23. The number of amides is 1. The molecule has 4 rings (SSSR count). The molecule has 1 aliphatic heterocycles. The highest BCUT2D eigenvalue weighted by Gasteiger charge is 2.26. The zero-order valence-electron chi connectivity index (χ0n) is 15.3. The van der Waals surface area contributed by atoms with Crippen molar-refractivity contribution < 1.29 is 9.21 Å². The van der Waals surface area contributed by atoms with Crippen molar-refractivity contribution in [3.63, 3.8) is 0 Å². The van der Waals surface area contributed by atoms with Gasteiger partial charge in [-0.3, -0.25) is 4.79 Å². The first-order valence-corrected chi connectivity index (χ1v) is 8.94. The molecule has 0 fully saturated rings. The molecule has 1 amide bonds. The Bertz CT molecular complexity index is 950. The van der Waals surface area contributed by atoms with Gasteiger partial charge in [0.2, 0.25) is 11.8 Å². The largest absolute Gasteiger partial charge is 0.439 e. The molecule has 1 aliphatic rings. The second-order valence-electron chi connectivity index (χ2n) is 7.85. The highest BCUT2D eigenvalue weighted by Crippen LogP contribution is 2.26. The summed E-state index contributed by atoms with van der Waals surface area (Å²) in [6.07, 6.45) is 3.10. The fourth-order valence-corrected chi connectivity index (χ4v) is 3.28. The summed E-state index contributed by atoms with van der Waals surface area (Å²) in [6, 6.07) is 6.06. The molecule has 136 valence electrons. The number of carbonyl (C=O) groups excluding carboxylic acids is 1. The smallest absolute Gasteiger partial charge is 0.225 e. The number of nitrogens with one attached hydrogen (secondary N) is 1. The Morgan fingerprint density at radius 2 is 2.23 bits per heavy atom. The summed E-state index contributed by atoms with van der Waals surface area (Å²) in [5.74, 6) is 1.38. The minimum absolute atomic E-state index is 0.00351. The van der Waals surface area contributed by atoms with E-state index in [9.17, 15) is 4.79 Å². The fraction of sp³-hybridized carbons (Fsp3) is 0.474. The second-order valence-corrected chi connectivity index (χ2v) is 7.85. The third-order valence-electron chi connectivity index (χ3n) is 4.89. The van der Waals surface area contributed by atoms with Crippen LogP contribution in [0.1, 0.15) is 44.5 Å². The number of aromatic nitrogens is 4. The lowest BCUT2D eigenvalue weighted by molar-refractivity contribution is -0.126. The van der Waals surface area contributed by atoms with Crippen LogP contribution in [0.5, 0.6) is 0 Å². The van der Waals surface area contributed by atoms with E-state index in [1.165, 1.54) is 5.56 Å². The van der Waals surface area contributed by atoms with Gasteiger partial charge in [0.1, 0.15) is 17.7 Å². The molecule has 7 heteroatoms. The van der Waals surface area contributed by atoms with Gasteiger partial charge >= 0.3 is 0 Å². The summed E-state index contributed by atoms with van der Waals surface area (Å²) in [5, 5.41) is 7.10. The molecule has 0 saturated carbocycles. The van der Waals surface area contributed by atoms with Gasteiger partial charge in [0.25, 0.3) is 0 Å². The van der Waals surface area contributed by atoms with E-state index in [0.29, 0.717) is 19.0 Å². The molecule has 26 heavy (non-hydrogen) atoms. The third-order valence-corrected chi connectivity index (χ3v) is 4.89. The first-order valence-electron chi connectivity index (χ1n) is 8.94. The average Bonchev–Trinajstić information content (AvgIpc) is 3.23. The predicted octanol–water partition coefficient (Wildman–Crippen LogP) is 2.60. The SMILES string of the molecule is CC(C)(C)c1ccc2oc(CNC(=O)C3CCc4ncnn4C3)nc2c1. The van der Waals surface area contributed by atoms with Crippen LogP contribution in [0.2, 0.25) is 0 Å². The molecule has 0 radical (unpaired) electrons. The van der Waals surface area contributed by atoms with Crippen molar-refractivity contribution in [3.05, 3.63) is 41.8 Å². The lowest BCUT2D eigenvalue weighted by Crippen LogP contribution is -2.36. The molecule has 0 saturated heterocycles. The fourth-order valence-electron chi connectivity index (χ4n) is 3.28. The standard InChI is InChI=1S/C19H23N5O2/c1-19(2,3)13-5-6-15-14(8-13)23-17(26-15)9-20-18(25)12-4-7-16-21-11-22-24(16)10-12/h5-6,8,11-12H,4,7,9-10H2,1-3H3,(H,20,25). The van der Waals surface area contributed by atoms with Crippen molar-refractivity contribution in [1.82, 2.24) is 25.1 Å². The van der Waals surface area contributed by atoms with Crippen molar-refractivity contribution in [1.29, 1.82) is 0 Å². The monoisotopic (exact) mass is 353 g/mol. The maximum Gasteiger partial charge on any atom is 0.225 e. The van der Waals surface area contributed by atoms with Crippen molar-refractivity contribution in [2.45, 2.75) is 52.1 Å². The number of fused-ring (bicyclic) bond motifs is 2. The van der Waals surface area contributed by atoms with E-state index < -0.39 is 0 Å². The molecule has 2 aromatic heterocycles. The maximum atomic E-state index is 12.5. The molecule has 0 spiro atoms. The van der Waals surface area contributed by atoms with Gasteiger partial charge in [-0.05, 0) is 29.5 Å². The van der Waals surface area contributed by atoms with Gasteiger partial charge in [0.05, 0.1) is 19.0 Å². The summed E-state index contributed by atoms with van der Waals surface area (Å²) in [5.41, 5.74) is 2.83. The van der Waals surface area contributed by atoms with Crippen LogP contribution in [-0.2, 0) is 29.7 Å². The van der Waals surface area contributed by atoms with E-state index in [4.69, 9.17) is 4.42 Å². The Hall–Kier alpha value is -2.70. The van der Waals surface area contributed by atoms with Crippen LogP contribution < -0.4 is 5.32 Å². The summed E-state index contributed by atoms with van der Waals surface area (Å²) >= 11 is 0. The van der Waals surface area contributed by atoms with Gasteiger partial charge in [-0.2, -0.15) is 5.10 Å². The van der Waals surface area contributed by atoms with Crippen LogP contribution >= 0.6 is 0 Å². The van der Waals surface area contributed by atoms with Crippen molar-refractivity contribution >= 4 is 17.0 Å². The third kappa shape index (κ3) is 3.21. The van der Waals surface area contributed by atoms with Crippen LogP contribution in [0.25, 0.3) is 11.1 Å². The van der Waals surface area contributed by atoms with Gasteiger partial charge in [0.15, 0.2) is 5.58 Å². The van der Waals surface area contributed by atoms with Crippen LogP contribution in [-0.4, -0.2) is 25.7 Å². The molecule has 3 heterocycles. The number of benzene rings is 1. The first-order chi connectivity index (χ1) is 12.4. The minimum Gasteiger partial charge on any atom is -0.439 e. The summed E-state index contributed by atoms with van der Waals surface area (Å²) < 4.78 is 7.57. The Kier molecular flexibility index (Phi) is 4.01. The van der Waals surface area contributed by atoms with Crippen LogP contribution in [0.3, 0.4) is 0 Å². The molecule has 0 aliphatic carbocycles. The maximum absolute atomic E-state index is 12.5. The van der Waals surface area contributed by atoms with Crippen LogP contribution in [0.4, 0.5) is 0 Å². The molecule has 0 bridgehead atoms. The Morgan fingerprint density at radius 1 is 1.38 bits per heavy atom. The van der Waals surface area contributed by atoms with Crippen molar-refractivity contribution in [2.75, 3.05) is 0 Å². The lowest BCUT2D eigenvalue weighted by atomic mass is 9.87. The Labute approximate surface area is 151 Å². The molecule has 3 aromatic rings.